The van der Waals surface area contributed by atoms with E-state index >= 15 is 0 Å². The van der Waals surface area contributed by atoms with Crippen molar-refractivity contribution in [1.82, 2.24) is 19.5 Å². The van der Waals surface area contributed by atoms with E-state index in [0.717, 1.165) is 65.7 Å². The molecule has 2 aromatic heterocycles. The molecule has 12 rings (SSSR count). The van der Waals surface area contributed by atoms with Crippen LogP contribution in [0.1, 0.15) is 11.0 Å². The number of aromatic nitrogens is 4. The average molecular weight is 785 g/mol. The Balaban J connectivity index is 1.18. The second kappa shape index (κ2) is 14.3. The molecule has 0 bridgehead atoms. The Morgan fingerprint density at radius 2 is 0.721 bits per heavy atom. The van der Waals surface area contributed by atoms with E-state index in [9.17, 15) is 2.74 Å². The number of para-hydroxylation sites is 2. The normalized spacial score (nSPS) is 13.4. The van der Waals surface area contributed by atoms with Crippen LogP contribution in [0.5, 0.6) is 0 Å². The van der Waals surface area contributed by atoms with Crippen LogP contribution in [0.3, 0.4) is 0 Å². The van der Waals surface area contributed by atoms with Gasteiger partial charge in [-0.2, -0.15) is 0 Å². The molecule has 0 fully saturated rings. The molecule has 0 saturated carbocycles. The highest BCUT2D eigenvalue weighted by Gasteiger charge is 2.21. The molecule has 0 aliphatic heterocycles. The lowest BCUT2D eigenvalue weighted by atomic mass is 9.91. The molecule has 0 unspecified atom stereocenters. The second-order valence-electron chi connectivity index (χ2n) is 15.0. The van der Waals surface area contributed by atoms with Crippen molar-refractivity contribution in [3.05, 3.63) is 218 Å². The van der Waals surface area contributed by atoms with Gasteiger partial charge < -0.3 is 4.57 Å². The highest BCUT2D eigenvalue weighted by Crippen LogP contribution is 2.41. The third-order valence-electron chi connectivity index (χ3n) is 11.5. The van der Waals surface area contributed by atoms with Gasteiger partial charge in [0.15, 0.2) is 17.5 Å². The highest BCUT2D eigenvalue weighted by atomic mass is 15.1. The van der Waals surface area contributed by atoms with E-state index in [0.29, 0.717) is 22.9 Å². The van der Waals surface area contributed by atoms with Crippen molar-refractivity contribution in [2.75, 3.05) is 0 Å². The minimum atomic E-state index is -0.515. The van der Waals surface area contributed by atoms with Crippen molar-refractivity contribution in [3.8, 4) is 62.1 Å². The van der Waals surface area contributed by atoms with E-state index in [1.54, 1.807) is 0 Å². The van der Waals surface area contributed by atoms with Gasteiger partial charge in [-0.3, -0.25) is 0 Å². The van der Waals surface area contributed by atoms with E-state index < -0.39 is 48.3 Å². The van der Waals surface area contributed by atoms with Crippen LogP contribution in [0, 0.1) is 0 Å². The van der Waals surface area contributed by atoms with E-state index in [1.165, 1.54) is 4.57 Å². The maximum Gasteiger partial charge on any atom is 0.166 e. The predicted octanol–water partition coefficient (Wildman–Crippen LogP) is 14.8. The molecule has 12 aromatic rings. The van der Waals surface area contributed by atoms with Crippen molar-refractivity contribution in [2.45, 2.75) is 0 Å². The number of nitrogens with zero attached hydrogens (tertiary/aromatic N) is 4. The van der Waals surface area contributed by atoms with Crippen LogP contribution in [-0.2, 0) is 0 Å². The Hall–Kier alpha value is -8.21. The molecule has 0 atom stereocenters. The lowest BCUT2D eigenvalue weighted by molar-refractivity contribution is 1.06. The van der Waals surface area contributed by atoms with Crippen molar-refractivity contribution < 1.29 is 11.0 Å². The van der Waals surface area contributed by atoms with E-state index in [4.69, 9.17) is 23.2 Å². The first kappa shape index (κ1) is 27.5. The molecule has 0 N–H and O–H groups in total. The summed E-state index contributed by atoms with van der Waals surface area (Å²) in [5, 5.41) is 6.66. The first-order chi connectivity index (χ1) is 33.6. The zero-order chi connectivity index (χ0) is 47.2. The summed E-state index contributed by atoms with van der Waals surface area (Å²) in [7, 11) is 0. The van der Waals surface area contributed by atoms with Gasteiger partial charge in [0, 0.05) is 27.5 Å². The summed E-state index contributed by atoms with van der Waals surface area (Å²) in [6.45, 7) is 0. The smallest absolute Gasteiger partial charge is 0.166 e. The van der Waals surface area contributed by atoms with Crippen LogP contribution < -0.4 is 0 Å². The SMILES string of the molecule is [2H]c1c([2H])c([2H])c2c(c1[2H])c1c([2H])c([2H])c([2H])c([2H])c1n2-c1ccc(-c2ccc3c4ccccc4c4ccccc4c3c2)cc1-c1nc(-c2ccccc2)nc(-c2ccc(-c3ccccc3)cc2)n1. The molecule has 10 aromatic carbocycles. The fraction of sp³-hybridized carbons (Fsp3) is 0. The molecule has 0 aliphatic rings. The van der Waals surface area contributed by atoms with Crippen LogP contribution in [0.15, 0.2) is 218 Å². The van der Waals surface area contributed by atoms with Gasteiger partial charge in [0.2, 0.25) is 0 Å². The zero-order valence-corrected chi connectivity index (χ0v) is 32.5. The first-order valence-corrected chi connectivity index (χ1v) is 20.0. The molecular formula is C57H36N4. The number of hydrogen-bond donors (Lipinski definition) is 0. The summed E-state index contributed by atoms with van der Waals surface area (Å²) in [5.41, 5.74) is 5.95. The highest BCUT2D eigenvalue weighted by molar-refractivity contribution is 6.25. The lowest BCUT2D eigenvalue weighted by Gasteiger charge is -2.17. The van der Waals surface area contributed by atoms with Gasteiger partial charge in [-0.15, -0.1) is 0 Å². The van der Waals surface area contributed by atoms with Gasteiger partial charge in [-0.1, -0.05) is 188 Å². The predicted molar refractivity (Wildman–Crippen MR) is 254 cm³/mol. The first-order valence-electron chi connectivity index (χ1n) is 24.0. The second-order valence-corrected chi connectivity index (χ2v) is 15.0. The van der Waals surface area contributed by atoms with Crippen molar-refractivity contribution >= 4 is 54.1 Å². The molecular weight excluding hydrogens is 741 g/mol. The molecule has 61 heavy (non-hydrogen) atoms. The molecule has 4 heteroatoms. The number of fused-ring (bicyclic) bond motifs is 9. The minimum absolute atomic E-state index is 0.00452. The largest absolute Gasteiger partial charge is 0.309 e. The maximum absolute atomic E-state index is 9.35. The van der Waals surface area contributed by atoms with E-state index in [1.807, 2.05) is 109 Å². The summed E-state index contributed by atoms with van der Waals surface area (Å²) < 4.78 is 73.5. The minimum Gasteiger partial charge on any atom is -0.309 e. The Kier molecular flexibility index (Phi) is 6.42. The number of rotatable bonds is 6. The summed E-state index contributed by atoms with van der Waals surface area (Å²) in [5.74, 6) is 0.996. The van der Waals surface area contributed by atoms with E-state index in [-0.39, 0.29) is 27.6 Å². The maximum atomic E-state index is 9.35. The summed E-state index contributed by atoms with van der Waals surface area (Å²) >= 11 is 0. The summed E-state index contributed by atoms with van der Waals surface area (Å²) in [6.07, 6.45) is 0. The van der Waals surface area contributed by atoms with Crippen molar-refractivity contribution in [2.24, 2.45) is 0 Å². The molecule has 284 valence electrons. The third-order valence-corrected chi connectivity index (χ3v) is 11.5. The summed E-state index contributed by atoms with van der Waals surface area (Å²) in [4.78, 5) is 15.4. The van der Waals surface area contributed by atoms with Gasteiger partial charge in [0.25, 0.3) is 0 Å². The summed E-state index contributed by atoms with van der Waals surface area (Å²) in [6, 6.07) is 52.8. The molecule has 0 radical (unpaired) electrons. The van der Waals surface area contributed by atoms with Crippen LogP contribution in [-0.4, -0.2) is 19.5 Å². The lowest BCUT2D eigenvalue weighted by Crippen LogP contribution is -2.04. The molecule has 4 nitrogen and oxygen atoms in total. The number of benzene rings is 10. The van der Waals surface area contributed by atoms with Crippen LogP contribution in [0.2, 0.25) is 0 Å². The Morgan fingerprint density at radius 1 is 0.311 bits per heavy atom. The van der Waals surface area contributed by atoms with Gasteiger partial charge in [-0.25, -0.2) is 15.0 Å². The topological polar surface area (TPSA) is 43.6 Å². The fourth-order valence-corrected chi connectivity index (χ4v) is 8.62. The van der Waals surface area contributed by atoms with Crippen LogP contribution in [0.4, 0.5) is 0 Å². The molecule has 0 spiro atoms. The van der Waals surface area contributed by atoms with Crippen molar-refractivity contribution in [1.29, 1.82) is 0 Å². The Labute approximate surface area is 364 Å². The molecule has 0 aliphatic carbocycles. The quantitative estimate of drug-likeness (QED) is 0.158. The van der Waals surface area contributed by atoms with Gasteiger partial charge in [-0.05, 0) is 84.9 Å². The van der Waals surface area contributed by atoms with Crippen LogP contribution in [0.25, 0.3) is 116 Å². The standard InChI is InChI=1S/C57H36N4/c1-3-15-37(16-4-1)38-27-29-40(30-28-38)56-58-55(39-17-5-2-6-18-39)59-57(60-56)51-36-42(32-34-54(51)61-52-25-13-11-23-48(52)49-24-12-14-26-53(49)61)41-31-33-47-45-21-8-7-19-43(45)44-20-9-10-22-46(44)50(47)35-41/h1-36H/i11D,12D,13D,14D,23D,24D,25D,26D. The number of hydrogen-bond acceptors (Lipinski definition) is 3. The zero-order valence-electron chi connectivity index (χ0n) is 40.5. The van der Waals surface area contributed by atoms with Gasteiger partial charge in [0.05, 0.1) is 27.7 Å². The van der Waals surface area contributed by atoms with Gasteiger partial charge in [0.1, 0.15) is 0 Å². The molecule has 0 saturated heterocycles. The van der Waals surface area contributed by atoms with E-state index in [2.05, 4.69) is 60.7 Å². The monoisotopic (exact) mass is 784 g/mol. The third kappa shape index (κ3) is 5.88. The van der Waals surface area contributed by atoms with Gasteiger partial charge >= 0.3 is 0 Å². The Bertz CT molecular complexity index is 3990. The average Bonchev–Trinajstić information content (AvgIpc) is 3.77. The van der Waals surface area contributed by atoms with Crippen molar-refractivity contribution in [3.63, 3.8) is 0 Å². The fourth-order valence-electron chi connectivity index (χ4n) is 8.62. The Morgan fingerprint density at radius 3 is 1.33 bits per heavy atom. The van der Waals surface area contributed by atoms with Crippen LogP contribution >= 0.6 is 0 Å². The molecule has 0 amide bonds. The molecule has 2 heterocycles.